The van der Waals surface area contributed by atoms with Crippen LogP contribution in [0.15, 0.2) is 30.3 Å². The Morgan fingerprint density at radius 3 is 2.33 bits per heavy atom. The van der Waals surface area contributed by atoms with Crippen LogP contribution >= 0.6 is 0 Å². The first-order valence-corrected chi connectivity index (χ1v) is 8.87. The minimum absolute atomic E-state index is 0.0367. The summed E-state index contributed by atoms with van der Waals surface area (Å²) in [6, 6.07) is 9.05. The van der Waals surface area contributed by atoms with Gasteiger partial charge in [0.05, 0.1) is 20.3 Å². The number of phenols is 1. The highest BCUT2D eigenvalue weighted by molar-refractivity contribution is 5.56. The zero-order valence-electron chi connectivity index (χ0n) is 16.2. The monoisotopic (exact) mass is 374 g/mol. The van der Waals surface area contributed by atoms with E-state index in [1.165, 1.54) is 7.11 Å². The van der Waals surface area contributed by atoms with Crippen molar-refractivity contribution in [2.24, 2.45) is 0 Å². The Kier molecular flexibility index (Phi) is 5.48. The van der Waals surface area contributed by atoms with E-state index >= 15 is 0 Å². The number of aliphatic hydroxyl groups is 1. The van der Waals surface area contributed by atoms with E-state index in [0.29, 0.717) is 17.2 Å². The topological polar surface area (TPSA) is 77.4 Å². The number of ether oxygens (including phenoxy) is 4. The van der Waals surface area contributed by atoms with Crippen molar-refractivity contribution in [3.05, 3.63) is 47.0 Å². The molecule has 2 aromatic carbocycles. The van der Waals surface area contributed by atoms with Gasteiger partial charge in [0.2, 0.25) is 0 Å². The lowest BCUT2D eigenvalue weighted by molar-refractivity contribution is -0.00361. The van der Waals surface area contributed by atoms with Crippen LogP contribution in [0.2, 0.25) is 0 Å². The molecule has 0 bridgehead atoms. The molecule has 3 rings (SSSR count). The number of fused-ring (bicyclic) bond motifs is 1. The summed E-state index contributed by atoms with van der Waals surface area (Å²) < 4.78 is 22.4. The van der Waals surface area contributed by atoms with Crippen molar-refractivity contribution >= 4 is 0 Å². The van der Waals surface area contributed by atoms with Gasteiger partial charge in [0.15, 0.2) is 23.0 Å². The Labute approximate surface area is 159 Å². The molecule has 0 fully saturated rings. The molecule has 0 aliphatic carbocycles. The van der Waals surface area contributed by atoms with Gasteiger partial charge in [-0.3, -0.25) is 0 Å². The Bertz CT molecular complexity index is 817. The van der Waals surface area contributed by atoms with Gasteiger partial charge in [-0.25, -0.2) is 0 Å². The van der Waals surface area contributed by atoms with Crippen molar-refractivity contribution in [2.45, 2.75) is 38.1 Å². The quantitative estimate of drug-likeness (QED) is 0.803. The van der Waals surface area contributed by atoms with E-state index in [1.807, 2.05) is 18.2 Å². The molecule has 146 valence electrons. The Balaban J connectivity index is 2.02. The predicted molar refractivity (Wildman–Crippen MR) is 101 cm³/mol. The maximum Gasteiger partial charge on any atom is 0.165 e. The van der Waals surface area contributed by atoms with Crippen molar-refractivity contribution in [1.29, 1.82) is 0 Å². The number of rotatable bonds is 6. The van der Waals surface area contributed by atoms with E-state index in [0.717, 1.165) is 16.7 Å². The van der Waals surface area contributed by atoms with E-state index in [-0.39, 0.29) is 17.8 Å². The lowest BCUT2D eigenvalue weighted by atomic mass is 9.90. The molecule has 0 aromatic heterocycles. The fourth-order valence-corrected chi connectivity index (χ4v) is 3.66. The van der Waals surface area contributed by atoms with Gasteiger partial charge in [-0.1, -0.05) is 13.0 Å². The maximum atomic E-state index is 10.0. The third-order valence-electron chi connectivity index (χ3n) is 5.07. The van der Waals surface area contributed by atoms with E-state index in [1.54, 1.807) is 33.3 Å². The largest absolute Gasteiger partial charge is 0.504 e. The van der Waals surface area contributed by atoms with Crippen LogP contribution in [-0.4, -0.2) is 37.6 Å². The third kappa shape index (κ3) is 3.42. The zero-order valence-corrected chi connectivity index (χ0v) is 16.2. The molecular formula is C21H26O6. The molecule has 6 nitrogen and oxygen atoms in total. The van der Waals surface area contributed by atoms with Crippen LogP contribution < -0.4 is 14.2 Å². The summed E-state index contributed by atoms with van der Waals surface area (Å²) in [4.78, 5) is 0. The van der Waals surface area contributed by atoms with Gasteiger partial charge in [-0.05, 0) is 42.3 Å². The smallest absolute Gasteiger partial charge is 0.165 e. The molecule has 27 heavy (non-hydrogen) atoms. The van der Waals surface area contributed by atoms with Gasteiger partial charge in [-0.15, -0.1) is 0 Å². The van der Waals surface area contributed by atoms with Gasteiger partial charge < -0.3 is 29.2 Å². The summed E-state index contributed by atoms with van der Waals surface area (Å²) >= 11 is 0. The average molecular weight is 374 g/mol. The van der Waals surface area contributed by atoms with Crippen molar-refractivity contribution in [2.75, 3.05) is 21.3 Å². The molecule has 4 atom stereocenters. The van der Waals surface area contributed by atoms with Gasteiger partial charge in [0.1, 0.15) is 12.2 Å². The summed E-state index contributed by atoms with van der Waals surface area (Å²) in [5.41, 5.74) is 2.72. The molecule has 6 heteroatoms. The van der Waals surface area contributed by atoms with Crippen molar-refractivity contribution in [3.63, 3.8) is 0 Å². The molecule has 0 saturated heterocycles. The minimum atomic E-state index is -0.660. The highest BCUT2D eigenvalue weighted by atomic mass is 16.5. The SMILES string of the molecule is COc1cc([C@H]2Oc3c(OC)cc([C@H](OC)[C@H](C)O)cc3[C@@H]2C)ccc1O. The van der Waals surface area contributed by atoms with Crippen LogP contribution in [0.1, 0.15) is 48.7 Å². The number of methoxy groups -OCH3 is 3. The van der Waals surface area contributed by atoms with Gasteiger partial charge in [0, 0.05) is 18.6 Å². The van der Waals surface area contributed by atoms with Crippen LogP contribution in [0.25, 0.3) is 0 Å². The van der Waals surface area contributed by atoms with Gasteiger partial charge >= 0.3 is 0 Å². The van der Waals surface area contributed by atoms with Gasteiger partial charge in [0.25, 0.3) is 0 Å². The first kappa shape index (κ1) is 19.3. The maximum absolute atomic E-state index is 10.0. The number of hydrogen-bond donors (Lipinski definition) is 2. The number of aliphatic hydroxyl groups excluding tert-OH is 1. The minimum Gasteiger partial charge on any atom is -0.504 e. The average Bonchev–Trinajstić information content (AvgIpc) is 2.99. The molecule has 0 saturated carbocycles. The van der Waals surface area contributed by atoms with Crippen LogP contribution in [0.5, 0.6) is 23.0 Å². The molecule has 2 aromatic rings. The summed E-state index contributed by atoms with van der Waals surface area (Å²) in [6.45, 7) is 3.77. The molecule has 1 aliphatic rings. The molecule has 0 spiro atoms. The predicted octanol–water partition coefficient (Wildman–Crippen LogP) is 3.71. The fourth-order valence-electron chi connectivity index (χ4n) is 3.66. The second-order valence-electron chi connectivity index (χ2n) is 6.80. The summed E-state index contributed by atoms with van der Waals surface area (Å²) in [5.74, 6) is 1.82. The number of aromatic hydroxyl groups is 1. The molecular weight excluding hydrogens is 348 g/mol. The summed E-state index contributed by atoms with van der Waals surface area (Å²) in [6.07, 6.45) is -1.36. The summed E-state index contributed by atoms with van der Waals surface area (Å²) in [5, 5.41) is 19.9. The second kappa shape index (κ2) is 7.66. The number of benzene rings is 2. The van der Waals surface area contributed by atoms with E-state index < -0.39 is 12.2 Å². The second-order valence-corrected chi connectivity index (χ2v) is 6.80. The van der Waals surface area contributed by atoms with E-state index in [9.17, 15) is 10.2 Å². The molecule has 0 radical (unpaired) electrons. The molecule has 1 heterocycles. The molecule has 0 unspecified atom stereocenters. The lowest BCUT2D eigenvalue weighted by Gasteiger charge is -2.20. The van der Waals surface area contributed by atoms with Crippen LogP contribution in [-0.2, 0) is 4.74 Å². The van der Waals surface area contributed by atoms with E-state index in [4.69, 9.17) is 18.9 Å². The van der Waals surface area contributed by atoms with Crippen LogP contribution in [0, 0.1) is 0 Å². The molecule has 1 aliphatic heterocycles. The normalized spacial score (nSPS) is 20.5. The van der Waals surface area contributed by atoms with E-state index in [2.05, 4.69) is 6.92 Å². The van der Waals surface area contributed by atoms with Crippen LogP contribution in [0.4, 0.5) is 0 Å². The highest BCUT2D eigenvalue weighted by Crippen LogP contribution is 2.52. The first-order valence-electron chi connectivity index (χ1n) is 8.87. The molecule has 2 N–H and O–H groups in total. The Morgan fingerprint density at radius 1 is 1.04 bits per heavy atom. The molecule has 0 amide bonds. The number of phenolic OH excluding ortho intramolecular Hbond substituents is 1. The standard InChI is InChI=1S/C21H26O6/c1-11-15-8-14(20(26-5)12(2)22)10-18(25-4)21(15)27-19(11)13-6-7-16(23)17(9-13)24-3/h6-12,19-20,22-23H,1-5H3/t11-,12-,19-,20+/m0/s1. The lowest BCUT2D eigenvalue weighted by Crippen LogP contribution is -2.16. The van der Waals surface area contributed by atoms with Crippen LogP contribution in [0.3, 0.4) is 0 Å². The Morgan fingerprint density at radius 2 is 1.74 bits per heavy atom. The zero-order chi connectivity index (χ0) is 19.7. The fraction of sp³-hybridized carbons (Fsp3) is 0.429. The Hall–Kier alpha value is -2.44. The van der Waals surface area contributed by atoms with Crippen molar-refractivity contribution < 1.29 is 29.2 Å². The van der Waals surface area contributed by atoms with Crippen molar-refractivity contribution in [3.8, 4) is 23.0 Å². The van der Waals surface area contributed by atoms with Crippen molar-refractivity contribution in [1.82, 2.24) is 0 Å². The number of hydrogen-bond acceptors (Lipinski definition) is 6. The highest BCUT2D eigenvalue weighted by Gasteiger charge is 2.36. The third-order valence-corrected chi connectivity index (χ3v) is 5.07. The first-order chi connectivity index (χ1) is 12.9. The van der Waals surface area contributed by atoms with Gasteiger partial charge in [-0.2, -0.15) is 0 Å². The summed E-state index contributed by atoms with van der Waals surface area (Å²) in [7, 11) is 4.68.